The first-order chi connectivity index (χ1) is 11.3. The smallest absolute Gasteiger partial charge is 0.308 e. The Balaban J connectivity index is 2.87. The van der Waals surface area contributed by atoms with Crippen LogP contribution in [0.15, 0.2) is 12.1 Å². The topological polar surface area (TPSA) is 84.9 Å². The fraction of sp³-hybridized carbons (Fsp3) is 0.529. The molecule has 1 rings (SSSR count). The van der Waals surface area contributed by atoms with Crippen molar-refractivity contribution in [2.45, 2.75) is 27.2 Å². The van der Waals surface area contributed by atoms with Crippen LogP contribution >= 0.6 is 11.6 Å². The summed E-state index contributed by atoms with van der Waals surface area (Å²) in [6.45, 7) is 6.16. The number of carbonyl (C=O) groups is 2. The second kappa shape index (κ2) is 9.37. The third-order valence-corrected chi connectivity index (χ3v) is 3.68. The Labute approximate surface area is 147 Å². The van der Waals surface area contributed by atoms with Gasteiger partial charge in [0.15, 0.2) is 11.5 Å². The molecule has 0 aliphatic rings. The van der Waals surface area contributed by atoms with Gasteiger partial charge in [-0.05, 0) is 31.4 Å². The van der Waals surface area contributed by atoms with Crippen LogP contribution in [0, 0.1) is 11.8 Å². The molecule has 6 nitrogen and oxygen atoms in total. The normalized spacial score (nSPS) is 11.9. The number of ether oxygens (including phenoxy) is 2. The molecule has 1 aromatic carbocycles. The summed E-state index contributed by atoms with van der Waals surface area (Å²) in [6, 6.07) is 2.99. The molecule has 0 saturated heterocycles. The highest BCUT2D eigenvalue weighted by atomic mass is 35.5. The Morgan fingerprint density at radius 1 is 1.33 bits per heavy atom. The van der Waals surface area contributed by atoms with Gasteiger partial charge in [0, 0.05) is 12.1 Å². The molecular formula is C17H24ClNO5. The standard InChI is InChI=1S/C17H24ClNO5/c1-5-24-15-13(18)7-11(8-14(15)23-4)16(20)19-9-12(17(21)22)6-10(2)3/h7-8,10,12H,5-6,9H2,1-4H3,(H,19,20)(H,21,22). The Morgan fingerprint density at radius 2 is 2.00 bits per heavy atom. The van der Waals surface area contributed by atoms with Crippen LogP contribution in [0.25, 0.3) is 0 Å². The van der Waals surface area contributed by atoms with Crippen molar-refractivity contribution < 1.29 is 24.2 Å². The zero-order chi connectivity index (χ0) is 18.3. The first-order valence-electron chi connectivity index (χ1n) is 7.81. The van der Waals surface area contributed by atoms with E-state index in [2.05, 4.69) is 5.32 Å². The number of benzene rings is 1. The molecule has 0 spiro atoms. The lowest BCUT2D eigenvalue weighted by molar-refractivity contribution is -0.142. The number of carboxylic acids is 1. The third kappa shape index (κ3) is 5.60. The number of carboxylic acid groups (broad SMARTS) is 1. The van der Waals surface area contributed by atoms with Crippen LogP contribution in [0.3, 0.4) is 0 Å². The van der Waals surface area contributed by atoms with E-state index in [-0.39, 0.29) is 23.0 Å². The van der Waals surface area contributed by atoms with E-state index in [1.807, 2.05) is 20.8 Å². The summed E-state index contributed by atoms with van der Waals surface area (Å²) in [5.74, 6) is -1.01. The third-order valence-electron chi connectivity index (χ3n) is 3.39. The fourth-order valence-electron chi connectivity index (χ4n) is 2.29. The summed E-state index contributed by atoms with van der Waals surface area (Å²) in [4.78, 5) is 23.5. The highest BCUT2D eigenvalue weighted by Crippen LogP contribution is 2.36. The number of nitrogens with one attached hydrogen (secondary N) is 1. The number of methoxy groups -OCH3 is 1. The van der Waals surface area contributed by atoms with Gasteiger partial charge in [-0.2, -0.15) is 0 Å². The maximum absolute atomic E-state index is 12.3. The van der Waals surface area contributed by atoms with Gasteiger partial charge in [0.1, 0.15) is 0 Å². The van der Waals surface area contributed by atoms with Gasteiger partial charge in [-0.25, -0.2) is 0 Å². The quantitative estimate of drug-likeness (QED) is 0.708. The van der Waals surface area contributed by atoms with Crippen LogP contribution in [0.1, 0.15) is 37.6 Å². The molecule has 1 aromatic rings. The molecule has 7 heteroatoms. The molecule has 0 radical (unpaired) electrons. The zero-order valence-electron chi connectivity index (χ0n) is 14.4. The van der Waals surface area contributed by atoms with Gasteiger partial charge in [-0.15, -0.1) is 0 Å². The molecule has 24 heavy (non-hydrogen) atoms. The van der Waals surface area contributed by atoms with E-state index in [4.69, 9.17) is 21.1 Å². The number of rotatable bonds is 9. The molecule has 0 fully saturated rings. The Morgan fingerprint density at radius 3 is 2.50 bits per heavy atom. The minimum absolute atomic E-state index is 0.0551. The summed E-state index contributed by atoms with van der Waals surface area (Å²) in [5.41, 5.74) is 0.286. The molecule has 0 aliphatic carbocycles. The van der Waals surface area contributed by atoms with Crippen LogP contribution < -0.4 is 14.8 Å². The SMILES string of the molecule is CCOc1c(Cl)cc(C(=O)NCC(CC(C)C)C(=O)O)cc1OC. The van der Waals surface area contributed by atoms with E-state index in [0.717, 1.165) is 0 Å². The number of aliphatic carboxylic acids is 1. The summed E-state index contributed by atoms with van der Waals surface area (Å²) in [7, 11) is 1.46. The zero-order valence-corrected chi connectivity index (χ0v) is 15.1. The first kappa shape index (κ1) is 20.1. The van der Waals surface area contributed by atoms with Crippen molar-refractivity contribution in [2.75, 3.05) is 20.3 Å². The largest absolute Gasteiger partial charge is 0.493 e. The molecule has 2 N–H and O–H groups in total. The van der Waals surface area contributed by atoms with Crippen LogP contribution in [0.4, 0.5) is 0 Å². The minimum Gasteiger partial charge on any atom is -0.493 e. The summed E-state index contributed by atoms with van der Waals surface area (Å²) in [5, 5.41) is 12.1. The molecule has 0 aliphatic heterocycles. The summed E-state index contributed by atoms with van der Waals surface area (Å²) in [6.07, 6.45) is 0.489. The summed E-state index contributed by atoms with van der Waals surface area (Å²) < 4.78 is 10.6. The van der Waals surface area contributed by atoms with Crippen molar-refractivity contribution in [1.82, 2.24) is 5.32 Å². The Hall–Kier alpha value is -1.95. The average molecular weight is 358 g/mol. The van der Waals surface area contributed by atoms with Gasteiger partial charge in [0.05, 0.1) is 24.7 Å². The van der Waals surface area contributed by atoms with E-state index in [1.54, 1.807) is 0 Å². The number of carbonyl (C=O) groups excluding carboxylic acids is 1. The molecule has 0 heterocycles. The number of amides is 1. The number of halogens is 1. The van der Waals surface area contributed by atoms with Gasteiger partial charge >= 0.3 is 5.97 Å². The monoisotopic (exact) mass is 357 g/mol. The van der Waals surface area contributed by atoms with Gasteiger partial charge in [-0.3, -0.25) is 9.59 Å². The van der Waals surface area contributed by atoms with Crippen LogP contribution in [0.2, 0.25) is 5.02 Å². The first-order valence-corrected chi connectivity index (χ1v) is 8.19. The maximum Gasteiger partial charge on any atom is 0.308 e. The molecule has 0 aromatic heterocycles. The molecule has 1 amide bonds. The van der Waals surface area contributed by atoms with Gasteiger partial charge in [0.2, 0.25) is 0 Å². The Bertz CT molecular complexity index is 589. The van der Waals surface area contributed by atoms with Crippen LogP contribution in [-0.2, 0) is 4.79 Å². The van der Waals surface area contributed by atoms with E-state index < -0.39 is 17.8 Å². The van der Waals surface area contributed by atoms with Gasteiger partial charge < -0.3 is 19.9 Å². The lowest BCUT2D eigenvalue weighted by atomic mass is 9.97. The van der Waals surface area contributed by atoms with Crippen molar-refractivity contribution >= 4 is 23.5 Å². The molecule has 1 atom stereocenters. The van der Waals surface area contributed by atoms with Gasteiger partial charge in [-0.1, -0.05) is 25.4 Å². The molecular weight excluding hydrogens is 334 g/mol. The predicted octanol–water partition coefficient (Wildman–Crippen LogP) is 3.22. The minimum atomic E-state index is -0.925. The molecule has 1 unspecified atom stereocenters. The highest BCUT2D eigenvalue weighted by Gasteiger charge is 2.21. The van der Waals surface area contributed by atoms with Gasteiger partial charge in [0.25, 0.3) is 5.91 Å². The average Bonchev–Trinajstić information content (AvgIpc) is 2.52. The second-order valence-corrected chi connectivity index (χ2v) is 6.20. The highest BCUT2D eigenvalue weighted by molar-refractivity contribution is 6.32. The lowest BCUT2D eigenvalue weighted by Crippen LogP contribution is -2.33. The van der Waals surface area contributed by atoms with Crippen LogP contribution in [0.5, 0.6) is 11.5 Å². The summed E-state index contributed by atoms with van der Waals surface area (Å²) >= 11 is 6.14. The van der Waals surface area contributed by atoms with Crippen molar-refractivity contribution in [3.8, 4) is 11.5 Å². The van der Waals surface area contributed by atoms with E-state index in [0.29, 0.717) is 24.5 Å². The van der Waals surface area contributed by atoms with Crippen LogP contribution in [-0.4, -0.2) is 37.2 Å². The fourth-order valence-corrected chi connectivity index (χ4v) is 2.56. The van der Waals surface area contributed by atoms with E-state index >= 15 is 0 Å². The van der Waals surface area contributed by atoms with Crippen molar-refractivity contribution in [1.29, 1.82) is 0 Å². The number of hydrogen-bond donors (Lipinski definition) is 2. The molecule has 134 valence electrons. The predicted molar refractivity (Wildman–Crippen MR) is 92.1 cm³/mol. The van der Waals surface area contributed by atoms with Crippen molar-refractivity contribution in [2.24, 2.45) is 11.8 Å². The maximum atomic E-state index is 12.3. The van der Waals surface area contributed by atoms with E-state index in [9.17, 15) is 14.7 Å². The molecule has 0 saturated carbocycles. The second-order valence-electron chi connectivity index (χ2n) is 5.80. The number of hydrogen-bond acceptors (Lipinski definition) is 4. The lowest BCUT2D eigenvalue weighted by Gasteiger charge is -2.16. The molecule has 0 bridgehead atoms. The van der Waals surface area contributed by atoms with Crippen molar-refractivity contribution in [3.05, 3.63) is 22.7 Å². The van der Waals surface area contributed by atoms with Crippen molar-refractivity contribution in [3.63, 3.8) is 0 Å². The Kier molecular flexibility index (Phi) is 7.85. The van der Waals surface area contributed by atoms with E-state index in [1.165, 1.54) is 19.2 Å².